The molecule has 25 heavy (non-hydrogen) atoms. The van der Waals surface area contributed by atoms with E-state index in [1.54, 1.807) is 30.4 Å². The highest BCUT2D eigenvalue weighted by atomic mass is 32.2. The molecule has 1 aromatic carbocycles. The van der Waals surface area contributed by atoms with Gasteiger partial charge in [0.1, 0.15) is 5.52 Å². The van der Waals surface area contributed by atoms with E-state index in [1.165, 1.54) is 0 Å². The summed E-state index contributed by atoms with van der Waals surface area (Å²) in [6, 6.07) is 16.2. The van der Waals surface area contributed by atoms with Crippen LogP contribution in [0.25, 0.3) is 16.9 Å². The second-order valence-electron chi connectivity index (χ2n) is 5.78. The van der Waals surface area contributed by atoms with Crippen molar-refractivity contribution in [3.63, 3.8) is 0 Å². The summed E-state index contributed by atoms with van der Waals surface area (Å²) in [6.45, 7) is 0. The quantitative estimate of drug-likeness (QED) is 0.558. The van der Waals surface area contributed by atoms with E-state index in [0.717, 1.165) is 32.6 Å². The van der Waals surface area contributed by atoms with E-state index in [2.05, 4.69) is 43.7 Å². The van der Waals surface area contributed by atoms with Crippen LogP contribution in [-0.4, -0.2) is 33.6 Å². The molecule has 6 heteroatoms. The molecule has 0 amide bonds. The van der Waals surface area contributed by atoms with Gasteiger partial charge >= 0.3 is 0 Å². The molecule has 0 unspecified atom stereocenters. The van der Waals surface area contributed by atoms with E-state index >= 15 is 0 Å². The third-order valence-corrected chi connectivity index (χ3v) is 4.81. The van der Waals surface area contributed by atoms with Crippen LogP contribution in [0, 0.1) is 0 Å². The Balaban J connectivity index is 1.89. The Bertz CT molecular complexity index is 1010. The maximum Gasteiger partial charge on any atom is 0.179 e. The Kier molecular flexibility index (Phi) is 4.11. The van der Waals surface area contributed by atoms with Gasteiger partial charge in [0.15, 0.2) is 10.8 Å². The van der Waals surface area contributed by atoms with Crippen molar-refractivity contribution in [2.45, 2.75) is 10.1 Å². The number of benzene rings is 1. The van der Waals surface area contributed by atoms with Crippen molar-refractivity contribution >= 4 is 28.6 Å². The smallest absolute Gasteiger partial charge is 0.179 e. The normalized spacial score (nSPS) is 11.0. The predicted octanol–water partition coefficient (Wildman–Crippen LogP) is 4.03. The fraction of sp³-hybridized carbons (Fsp3) is 0.105. The first-order valence-electron chi connectivity index (χ1n) is 7.91. The van der Waals surface area contributed by atoms with E-state index in [9.17, 15) is 0 Å². The first-order valence-corrected chi connectivity index (χ1v) is 8.73. The molecule has 0 saturated carbocycles. The van der Waals surface area contributed by atoms with E-state index in [0.29, 0.717) is 0 Å². The second-order valence-corrected chi connectivity index (χ2v) is 6.82. The van der Waals surface area contributed by atoms with Crippen molar-refractivity contribution in [1.82, 2.24) is 19.5 Å². The van der Waals surface area contributed by atoms with Gasteiger partial charge in [0.25, 0.3) is 0 Å². The zero-order valence-corrected chi connectivity index (χ0v) is 14.8. The standard InChI is InChI=1S/C19H17N5S/c1-23(2)14-5-3-6-15(13-14)24-18-17(7-4-10-21-18)22-19(24)25-16-8-11-20-12-9-16/h3-13H,1-2H3. The zero-order chi connectivity index (χ0) is 17.2. The number of aromatic nitrogens is 4. The molecule has 0 bridgehead atoms. The maximum absolute atomic E-state index is 4.79. The van der Waals surface area contributed by atoms with E-state index in [-0.39, 0.29) is 0 Å². The Labute approximate surface area is 150 Å². The summed E-state index contributed by atoms with van der Waals surface area (Å²) < 4.78 is 2.10. The molecular formula is C19H17N5S. The van der Waals surface area contributed by atoms with Crippen LogP contribution in [0.5, 0.6) is 0 Å². The Morgan fingerprint density at radius 3 is 2.60 bits per heavy atom. The van der Waals surface area contributed by atoms with Crippen LogP contribution in [0.4, 0.5) is 5.69 Å². The van der Waals surface area contributed by atoms with Gasteiger partial charge in [-0.25, -0.2) is 9.97 Å². The highest BCUT2D eigenvalue weighted by molar-refractivity contribution is 7.99. The molecule has 3 heterocycles. The molecule has 0 atom stereocenters. The zero-order valence-electron chi connectivity index (χ0n) is 14.0. The lowest BCUT2D eigenvalue weighted by Gasteiger charge is -2.15. The summed E-state index contributed by atoms with van der Waals surface area (Å²) in [5, 5.41) is 0.885. The first kappa shape index (κ1) is 15.7. The first-order chi connectivity index (χ1) is 12.2. The van der Waals surface area contributed by atoms with Crippen LogP contribution in [0.2, 0.25) is 0 Å². The lowest BCUT2D eigenvalue weighted by molar-refractivity contribution is 0.907. The van der Waals surface area contributed by atoms with Crippen molar-refractivity contribution in [3.8, 4) is 5.69 Å². The van der Waals surface area contributed by atoms with Gasteiger partial charge in [-0.05, 0) is 42.5 Å². The van der Waals surface area contributed by atoms with Gasteiger partial charge in [-0.3, -0.25) is 9.55 Å². The number of imidazole rings is 1. The number of hydrogen-bond acceptors (Lipinski definition) is 5. The van der Waals surface area contributed by atoms with Crippen molar-refractivity contribution in [1.29, 1.82) is 0 Å². The maximum atomic E-state index is 4.79. The minimum atomic E-state index is 0.856. The average Bonchev–Trinajstić information content (AvgIpc) is 3.00. The third-order valence-electron chi connectivity index (χ3n) is 3.85. The van der Waals surface area contributed by atoms with Crippen molar-refractivity contribution in [3.05, 3.63) is 67.1 Å². The minimum Gasteiger partial charge on any atom is -0.378 e. The fourth-order valence-electron chi connectivity index (χ4n) is 2.61. The summed E-state index contributed by atoms with van der Waals surface area (Å²) in [7, 11) is 4.08. The van der Waals surface area contributed by atoms with Gasteiger partial charge in [-0.15, -0.1) is 0 Å². The molecule has 0 spiro atoms. The summed E-state index contributed by atoms with van der Waals surface area (Å²) >= 11 is 1.61. The molecule has 4 aromatic rings. The lowest BCUT2D eigenvalue weighted by atomic mass is 10.2. The number of anilines is 1. The molecular weight excluding hydrogens is 330 g/mol. The van der Waals surface area contributed by atoms with Crippen LogP contribution < -0.4 is 4.90 Å². The highest BCUT2D eigenvalue weighted by Gasteiger charge is 2.15. The van der Waals surface area contributed by atoms with Crippen LogP contribution in [-0.2, 0) is 0 Å². The molecule has 5 nitrogen and oxygen atoms in total. The van der Waals surface area contributed by atoms with Crippen LogP contribution in [0.1, 0.15) is 0 Å². The van der Waals surface area contributed by atoms with Crippen LogP contribution >= 0.6 is 11.8 Å². The SMILES string of the molecule is CN(C)c1cccc(-n2c(Sc3ccncc3)nc3cccnc32)c1. The second kappa shape index (κ2) is 6.57. The summed E-state index contributed by atoms with van der Waals surface area (Å²) in [5.41, 5.74) is 3.92. The molecule has 0 radical (unpaired) electrons. The lowest BCUT2D eigenvalue weighted by Crippen LogP contribution is -2.09. The number of rotatable bonds is 4. The van der Waals surface area contributed by atoms with Gasteiger partial charge in [-0.1, -0.05) is 17.8 Å². The summed E-state index contributed by atoms with van der Waals surface area (Å²) in [6.07, 6.45) is 5.39. The van der Waals surface area contributed by atoms with Gasteiger partial charge in [-0.2, -0.15) is 0 Å². The molecule has 0 saturated heterocycles. The molecule has 0 aliphatic heterocycles. The van der Waals surface area contributed by atoms with Crippen molar-refractivity contribution < 1.29 is 0 Å². The largest absolute Gasteiger partial charge is 0.378 e. The monoisotopic (exact) mass is 347 g/mol. The molecule has 124 valence electrons. The summed E-state index contributed by atoms with van der Waals surface area (Å²) in [4.78, 5) is 16.6. The van der Waals surface area contributed by atoms with Gasteiger partial charge in [0.2, 0.25) is 0 Å². The van der Waals surface area contributed by atoms with Gasteiger partial charge in [0.05, 0.1) is 5.69 Å². The summed E-state index contributed by atoms with van der Waals surface area (Å²) in [5.74, 6) is 0. The number of pyridine rings is 2. The van der Waals surface area contributed by atoms with Gasteiger partial charge < -0.3 is 4.90 Å². The van der Waals surface area contributed by atoms with E-state index < -0.39 is 0 Å². The van der Waals surface area contributed by atoms with Crippen molar-refractivity contribution in [2.24, 2.45) is 0 Å². The highest BCUT2D eigenvalue weighted by Crippen LogP contribution is 2.32. The Hall–Kier alpha value is -2.86. The van der Waals surface area contributed by atoms with Crippen molar-refractivity contribution in [2.75, 3.05) is 19.0 Å². The number of hydrogen-bond donors (Lipinski definition) is 0. The molecule has 3 aromatic heterocycles. The topological polar surface area (TPSA) is 46.8 Å². The fourth-order valence-corrected chi connectivity index (χ4v) is 3.51. The van der Waals surface area contributed by atoms with E-state index in [4.69, 9.17) is 4.98 Å². The average molecular weight is 347 g/mol. The molecule has 0 aliphatic carbocycles. The van der Waals surface area contributed by atoms with Crippen LogP contribution in [0.15, 0.2) is 77.2 Å². The molecule has 0 N–H and O–H groups in total. The Morgan fingerprint density at radius 1 is 0.960 bits per heavy atom. The molecule has 0 fully saturated rings. The number of fused-ring (bicyclic) bond motifs is 1. The van der Waals surface area contributed by atoms with Crippen LogP contribution in [0.3, 0.4) is 0 Å². The Morgan fingerprint density at radius 2 is 1.80 bits per heavy atom. The van der Waals surface area contributed by atoms with E-state index in [1.807, 2.05) is 38.4 Å². The predicted molar refractivity (Wildman–Crippen MR) is 102 cm³/mol. The minimum absolute atomic E-state index is 0.856. The molecule has 0 aliphatic rings. The molecule has 4 rings (SSSR count). The van der Waals surface area contributed by atoms with Gasteiger partial charge in [0, 0.05) is 43.3 Å². The number of nitrogens with zero attached hydrogens (tertiary/aromatic N) is 5. The third kappa shape index (κ3) is 3.08.